The number of rotatable bonds is 4. The van der Waals surface area contributed by atoms with Crippen LogP contribution in [0.5, 0.6) is 11.5 Å². The minimum atomic E-state index is -0.0546. The first-order chi connectivity index (χ1) is 14.5. The SMILES string of the molecule is CC(C)c1ccc(C(=O)N2CCN(C(=O)/C=C/c3ccc4c(c3)OCO4)CC2)cc1. The van der Waals surface area contributed by atoms with E-state index in [9.17, 15) is 9.59 Å². The number of carbonyl (C=O) groups excluding carboxylic acids is 2. The van der Waals surface area contributed by atoms with Crippen molar-refractivity contribution in [1.82, 2.24) is 9.80 Å². The lowest BCUT2D eigenvalue weighted by Crippen LogP contribution is -2.50. The van der Waals surface area contributed by atoms with Crippen LogP contribution in [0.3, 0.4) is 0 Å². The monoisotopic (exact) mass is 406 g/mol. The highest BCUT2D eigenvalue weighted by molar-refractivity contribution is 5.95. The second kappa shape index (κ2) is 8.61. The van der Waals surface area contributed by atoms with Crippen molar-refractivity contribution in [3.63, 3.8) is 0 Å². The van der Waals surface area contributed by atoms with Gasteiger partial charge in [0.2, 0.25) is 12.7 Å². The lowest BCUT2D eigenvalue weighted by molar-refractivity contribution is -0.127. The molecular weight excluding hydrogens is 380 g/mol. The molecule has 2 aliphatic heterocycles. The Kier molecular flexibility index (Phi) is 5.74. The fourth-order valence-corrected chi connectivity index (χ4v) is 3.61. The van der Waals surface area contributed by atoms with Gasteiger partial charge in [-0.1, -0.05) is 32.0 Å². The van der Waals surface area contributed by atoms with Crippen LogP contribution in [0.1, 0.15) is 41.3 Å². The predicted molar refractivity (Wildman–Crippen MR) is 115 cm³/mol. The normalized spacial score (nSPS) is 15.8. The quantitative estimate of drug-likeness (QED) is 0.729. The molecule has 1 saturated heterocycles. The summed E-state index contributed by atoms with van der Waals surface area (Å²) in [7, 11) is 0. The minimum absolute atomic E-state index is 0.0216. The summed E-state index contributed by atoms with van der Waals surface area (Å²) in [5.41, 5.74) is 2.80. The Morgan fingerprint density at radius 1 is 0.900 bits per heavy atom. The summed E-state index contributed by atoms with van der Waals surface area (Å²) in [5, 5.41) is 0. The van der Waals surface area contributed by atoms with Crippen LogP contribution in [0, 0.1) is 0 Å². The van der Waals surface area contributed by atoms with Crippen LogP contribution in [0.25, 0.3) is 6.08 Å². The Labute approximate surface area is 176 Å². The van der Waals surface area contributed by atoms with Gasteiger partial charge in [-0.25, -0.2) is 0 Å². The van der Waals surface area contributed by atoms with Crippen LogP contribution in [0.4, 0.5) is 0 Å². The molecule has 0 aromatic heterocycles. The van der Waals surface area contributed by atoms with Crippen LogP contribution in [-0.2, 0) is 4.79 Å². The van der Waals surface area contributed by atoms with E-state index in [0.29, 0.717) is 43.4 Å². The van der Waals surface area contributed by atoms with E-state index in [4.69, 9.17) is 9.47 Å². The van der Waals surface area contributed by atoms with Gasteiger partial charge in [-0.05, 0) is 47.4 Å². The van der Waals surface area contributed by atoms with Gasteiger partial charge in [-0.2, -0.15) is 0 Å². The van der Waals surface area contributed by atoms with Gasteiger partial charge in [0, 0.05) is 37.8 Å². The topological polar surface area (TPSA) is 59.1 Å². The van der Waals surface area contributed by atoms with E-state index >= 15 is 0 Å². The van der Waals surface area contributed by atoms with Gasteiger partial charge >= 0.3 is 0 Å². The number of piperazine rings is 1. The number of benzene rings is 2. The Bertz CT molecular complexity index is 958. The number of carbonyl (C=O) groups is 2. The zero-order valence-corrected chi connectivity index (χ0v) is 17.3. The van der Waals surface area contributed by atoms with E-state index in [2.05, 4.69) is 13.8 Å². The number of fused-ring (bicyclic) bond motifs is 1. The maximum atomic E-state index is 12.7. The minimum Gasteiger partial charge on any atom is -0.454 e. The lowest BCUT2D eigenvalue weighted by Gasteiger charge is -2.34. The Morgan fingerprint density at radius 2 is 1.57 bits per heavy atom. The highest BCUT2D eigenvalue weighted by Gasteiger charge is 2.24. The summed E-state index contributed by atoms with van der Waals surface area (Å²) < 4.78 is 10.7. The van der Waals surface area contributed by atoms with E-state index in [0.717, 1.165) is 11.3 Å². The summed E-state index contributed by atoms with van der Waals surface area (Å²) in [6, 6.07) is 13.4. The molecular formula is C24H26N2O4. The molecule has 0 atom stereocenters. The predicted octanol–water partition coefficient (Wildman–Crippen LogP) is 3.54. The molecule has 0 spiro atoms. The molecule has 2 amide bonds. The zero-order valence-electron chi connectivity index (χ0n) is 17.3. The molecule has 2 aliphatic rings. The van der Waals surface area contributed by atoms with E-state index in [1.165, 1.54) is 5.56 Å². The third kappa shape index (κ3) is 4.32. The van der Waals surface area contributed by atoms with Crippen molar-refractivity contribution in [3.8, 4) is 11.5 Å². The van der Waals surface area contributed by atoms with Crippen molar-refractivity contribution < 1.29 is 19.1 Å². The molecule has 0 bridgehead atoms. The van der Waals surface area contributed by atoms with Crippen LogP contribution in [-0.4, -0.2) is 54.6 Å². The molecule has 2 heterocycles. The molecule has 6 heteroatoms. The van der Waals surface area contributed by atoms with E-state index in [1.54, 1.807) is 17.1 Å². The third-order valence-electron chi connectivity index (χ3n) is 5.52. The second-order valence-electron chi connectivity index (χ2n) is 7.84. The van der Waals surface area contributed by atoms with Crippen LogP contribution in [0.2, 0.25) is 0 Å². The standard InChI is InChI=1S/C24H26N2O4/c1-17(2)19-5-7-20(8-6-19)24(28)26-13-11-25(12-14-26)23(27)10-4-18-3-9-21-22(15-18)30-16-29-21/h3-10,15,17H,11-14,16H2,1-2H3/b10-4+. The highest BCUT2D eigenvalue weighted by Crippen LogP contribution is 2.32. The maximum Gasteiger partial charge on any atom is 0.253 e. The smallest absolute Gasteiger partial charge is 0.253 e. The van der Waals surface area contributed by atoms with Crippen molar-refractivity contribution >= 4 is 17.9 Å². The molecule has 30 heavy (non-hydrogen) atoms. The van der Waals surface area contributed by atoms with Gasteiger partial charge in [0.15, 0.2) is 11.5 Å². The molecule has 156 valence electrons. The largest absolute Gasteiger partial charge is 0.454 e. The van der Waals surface area contributed by atoms with Crippen LogP contribution < -0.4 is 9.47 Å². The molecule has 4 rings (SSSR count). The van der Waals surface area contributed by atoms with Gasteiger partial charge in [0.25, 0.3) is 5.91 Å². The first kappa shape index (κ1) is 20.0. The molecule has 0 saturated carbocycles. The zero-order chi connectivity index (χ0) is 21.1. The van der Waals surface area contributed by atoms with E-state index < -0.39 is 0 Å². The third-order valence-corrected chi connectivity index (χ3v) is 5.52. The van der Waals surface area contributed by atoms with Crippen molar-refractivity contribution in [2.24, 2.45) is 0 Å². The lowest BCUT2D eigenvalue weighted by atomic mass is 10.0. The van der Waals surface area contributed by atoms with Gasteiger partial charge in [0.05, 0.1) is 0 Å². The number of ether oxygens (including phenoxy) is 2. The molecule has 0 unspecified atom stereocenters. The fourth-order valence-electron chi connectivity index (χ4n) is 3.61. The first-order valence-electron chi connectivity index (χ1n) is 10.3. The summed E-state index contributed by atoms with van der Waals surface area (Å²) in [6.07, 6.45) is 3.34. The average Bonchev–Trinajstić information content (AvgIpc) is 3.25. The summed E-state index contributed by atoms with van der Waals surface area (Å²) in [6.45, 7) is 6.62. The number of nitrogens with zero attached hydrogens (tertiary/aromatic N) is 2. The summed E-state index contributed by atoms with van der Waals surface area (Å²) in [4.78, 5) is 28.9. The summed E-state index contributed by atoms with van der Waals surface area (Å²) >= 11 is 0. The molecule has 6 nitrogen and oxygen atoms in total. The van der Waals surface area contributed by atoms with E-state index in [-0.39, 0.29) is 18.6 Å². The Balaban J connectivity index is 1.31. The molecule has 1 fully saturated rings. The average molecular weight is 406 g/mol. The van der Waals surface area contributed by atoms with Gasteiger partial charge in [0.1, 0.15) is 0 Å². The maximum absolute atomic E-state index is 12.7. The number of hydrogen-bond acceptors (Lipinski definition) is 4. The Morgan fingerprint density at radius 3 is 2.27 bits per heavy atom. The van der Waals surface area contributed by atoms with Gasteiger partial charge < -0.3 is 19.3 Å². The molecule has 0 aliphatic carbocycles. The van der Waals surface area contributed by atoms with Crippen molar-refractivity contribution in [2.75, 3.05) is 33.0 Å². The highest BCUT2D eigenvalue weighted by atomic mass is 16.7. The van der Waals surface area contributed by atoms with Crippen LogP contribution in [0.15, 0.2) is 48.5 Å². The fraction of sp³-hybridized carbons (Fsp3) is 0.333. The van der Waals surface area contributed by atoms with Gasteiger partial charge in [-0.15, -0.1) is 0 Å². The second-order valence-corrected chi connectivity index (χ2v) is 7.84. The summed E-state index contributed by atoms with van der Waals surface area (Å²) in [5.74, 6) is 1.82. The van der Waals surface area contributed by atoms with E-state index in [1.807, 2.05) is 47.4 Å². The molecule has 0 N–H and O–H groups in total. The first-order valence-corrected chi connectivity index (χ1v) is 10.3. The Hall–Kier alpha value is -3.28. The van der Waals surface area contributed by atoms with Crippen molar-refractivity contribution in [2.45, 2.75) is 19.8 Å². The van der Waals surface area contributed by atoms with Crippen LogP contribution >= 0.6 is 0 Å². The van der Waals surface area contributed by atoms with Gasteiger partial charge in [-0.3, -0.25) is 9.59 Å². The van der Waals surface area contributed by atoms with Crippen molar-refractivity contribution in [1.29, 1.82) is 0 Å². The number of amides is 2. The number of hydrogen-bond donors (Lipinski definition) is 0. The molecule has 0 radical (unpaired) electrons. The molecule has 2 aromatic rings. The van der Waals surface area contributed by atoms with Crippen molar-refractivity contribution in [3.05, 3.63) is 65.2 Å². The molecule has 2 aromatic carbocycles.